The zero-order valence-electron chi connectivity index (χ0n) is 11.2. The topological polar surface area (TPSA) is 89.3 Å². The first-order valence-corrected chi connectivity index (χ1v) is 7.20. The third-order valence-corrected chi connectivity index (χ3v) is 4.27. The van der Waals surface area contributed by atoms with E-state index in [1.165, 1.54) is 17.8 Å². The Kier molecular flexibility index (Phi) is 4.60. The number of nitrogens with one attached hydrogen (secondary N) is 2. The van der Waals surface area contributed by atoms with E-state index in [2.05, 4.69) is 22.5 Å². The Morgan fingerprint density at radius 1 is 1.63 bits per heavy atom. The molecule has 4 N–H and O–H groups in total. The van der Waals surface area contributed by atoms with Crippen LogP contribution in [0.4, 0.5) is 10.9 Å². The number of methoxy groups -OCH3 is 1. The molecule has 106 valence electrons. The van der Waals surface area contributed by atoms with Crippen molar-refractivity contribution in [2.24, 2.45) is 11.8 Å². The van der Waals surface area contributed by atoms with Crippen molar-refractivity contribution in [3.63, 3.8) is 0 Å². The summed E-state index contributed by atoms with van der Waals surface area (Å²) in [5, 5.41) is 6.63. The molecule has 0 bridgehead atoms. The van der Waals surface area contributed by atoms with E-state index in [0.717, 1.165) is 12.5 Å². The summed E-state index contributed by atoms with van der Waals surface area (Å²) in [5.74, 6) is 1.50. The maximum atomic E-state index is 12.0. The number of hydrogen-bond acceptors (Lipinski definition) is 6. The largest absolute Gasteiger partial charge is 0.383 e. The van der Waals surface area contributed by atoms with Gasteiger partial charge in [0.05, 0.1) is 6.61 Å². The van der Waals surface area contributed by atoms with Crippen LogP contribution in [0.1, 0.15) is 23.0 Å². The number of thiazole rings is 1. The molecule has 1 aliphatic carbocycles. The van der Waals surface area contributed by atoms with Crippen molar-refractivity contribution in [2.75, 3.05) is 37.9 Å². The molecule has 7 heteroatoms. The number of nitrogens with two attached hydrogens (primary N) is 1. The number of amides is 1. The second-order valence-electron chi connectivity index (χ2n) is 4.84. The van der Waals surface area contributed by atoms with E-state index in [0.29, 0.717) is 29.1 Å². The van der Waals surface area contributed by atoms with Gasteiger partial charge in [-0.2, -0.15) is 0 Å². The van der Waals surface area contributed by atoms with E-state index in [-0.39, 0.29) is 11.7 Å². The molecule has 0 aliphatic heterocycles. The smallest absolute Gasteiger partial charge is 0.265 e. The fourth-order valence-corrected chi connectivity index (χ4v) is 2.64. The van der Waals surface area contributed by atoms with Gasteiger partial charge in [-0.15, -0.1) is 0 Å². The van der Waals surface area contributed by atoms with Gasteiger partial charge >= 0.3 is 0 Å². The molecule has 1 heterocycles. The predicted octanol–water partition coefficient (Wildman–Crippen LogP) is 1.17. The number of ether oxygens (including phenoxy) is 1. The lowest BCUT2D eigenvalue weighted by atomic mass is 10.3. The number of hydrogen-bond donors (Lipinski definition) is 3. The summed E-state index contributed by atoms with van der Waals surface area (Å²) in [4.78, 5) is 16.6. The fraction of sp³-hybridized carbons (Fsp3) is 0.667. The lowest BCUT2D eigenvalue weighted by molar-refractivity contribution is 0.0956. The molecule has 1 amide bonds. The molecule has 2 unspecified atom stereocenters. The molecule has 0 radical (unpaired) electrons. The number of anilines is 2. The van der Waals surface area contributed by atoms with Crippen LogP contribution in [0.3, 0.4) is 0 Å². The molecule has 1 fully saturated rings. The second-order valence-corrected chi connectivity index (χ2v) is 5.84. The van der Waals surface area contributed by atoms with Crippen molar-refractivity contribution in [1.82, 2.24) is 10.3 Å². The Labute approximate surface area is 116 Å². The van der Waals surface area contributed by atoms with Gasteiger partial charge in [0.1, 0.15) is 10.7 Å². The highest BCUT2D eigenvalue weighted by Crippen LogP contribution is 2.37. The third-order valence-electron chi connectivity index (χ3n) is 3.24. The molecule has 1 aromatic rings. The van der Waals surface area contributed by atoms with Crippen LogP contribution >= 0.6 is 11.3 Å². The van der Waals surface area contributed by atoms with Crippen LogP contribution in [0.2, 0.25) is 0 Å². The summed E-state index contributed by atoms with van der Waals surface area (Å²) >= 11 is 1.28. The summed E-state index contributed by atoms with van der Waals surface area (Å²) in [7, 11) is 1.63. The maximum Gasteiger partial charge on any atom is 0.265 e. The Morgan fingerprint density at radius 2 is 2.37 bits per heavy atom. The Hall–Kier alpha value is -1.34. The average Bonchev–Trinajstić information content (AvgIpc) is 2.95. The van der Waals surface area contributed by atoms with Crippen LogP contribution in [0, 0.1) is 11.8 Å². The molecule has 0 aromatic carbocycles. The summed E-state index contributed by atoms with van der Waals surface area (Å²) in [5.41, 5.74) is 5.76. The lowest BCUT2D eigenvalue weighted by Gasteiger charge is -2.02. The third kappa shape index (κ3) is 3.81. The van der Waals surface area contributed by atoms with Crippen molar-refractivity contribution < 1.29 is 9.53 Å². The number of aromatic nitrogens is 1. The zero-order valence-corrected chi connectivity index (χ0v) is 12.0. The molecule has 1 aliphatic rings. The Balaban J connectivity index is 1.85. The van der Waals surface area contributed by atoms with Gasteiger partial charge in [0.25, 0.3) is 5.91 Å². The Morgan fingerprint density at radius 3 is 3.00 bits per heavy atom. The van der Waals surface area contributed by atoms with Gasteiger partial charge in [-0.25, -0.2) is 4.98 Å². The molecule has 1 aromatic heterocycles. The highest BCUT2D eigenvalue weighted by molar-refractivity contribution is 7.18. The van der Waals surface area contributed by atoms with E-state index in [1.807, 2.05) is 0 Å². The molecule has 1 saturated carbocycles. The number of nitrogens with zero attached hydrogens (tertiary/aromatic N) is 1. The molecular weight excluding hydrogens is 264 g/mol. The minimum atomic E-state index is -0.131. The minimum absolute atomic E-state index is 0.131. The van der Waals surface area contributed by atoms with Crippen molar-refractivity contribution in [3.05, 3.63) is 4.88 Å². The molecular formula is C12H20N4O2S. The van der Waals surface area contributed by atoms with Crippen LogP contribution in [-0.4, -0.2) is 37.7 Å². The molecule has 2 rings (SSSR count). The van der Waals surface area contributed by atoms with E-state index in [4.69, 9.17) is 10.5 Å². The summed E-state index contributed by atoms with van der Waals surface area (Å²) in [6.07, 6.45) is 1.20. The van der Waals surface area contributed by atoms with Gasteiger partial charge in [0.2, 0.25) is 0 Å². The predicted molar refractivity (Wildman–Crippen MR) is 76.5 cm³/mol. The number of rotatable bonds is 7. The highest BCUT2D eigenvalue weighted by Gasteiger charge is 2.32. The van der Waals surface area contributed by atoms with Gasteiger partial charge < -0.3 is 21.1 Å². The monoisotopic (exact) mass is 284 g/mol. The molecule has 2 atom stereocenters. The van der Waals surface area contributed by atoms with Gasteiger partial charge in [0, 0.05) is 20.2 Å². The Bertz CT molecular complexity index is 449. The van der Waals surface area contributed by atoms with Crippen LogP contribution in [-0.2, 0) is 4.74 Å². The van der Waals surface area contributed by atoms with Crippen LogP contribution in [0.25, 0.3) is 0 Å². The quantitative estimate of drug-likeness (QED) is 0.654. The van der Waals surface area contributed by atoms with Gasteiger partial charge in [-0.3, -0.25) is 4.79 Å². The first-order chi connectivity index (χ1) is 9.11. The first kappa shape index (κ1) is 14.1. The van der Waals surface area contributed by atoms with Crippen molar-refractivity contribution in [2.45, 2.75) is 13.3 Å². The van der Waals surface area contributed by atoms with Crippen molar-refractivity contribution in [3.8, 4) is 0 Å². The first-order valence-electron chi connectivity index (χ1n) is 6.39. The summed E-state index contributed by atoms with van der Waals surface area (Å²) in [6.45, 7) is 4.14. The van der Waals surface area contributed by atoms with Crippen molar-refractivity contribution >= 4 is 28.2 Å². The number of carbonyl (C=O) groups is 1. The lowest BCUT2D eigenvalue weighted by Crippen LogP contribution is -2.25. The average molecular weight is 284 g/mol. The standard InChI is InChI=1S/C12H20N4O2S/c1-7-5-8(7)6-15-11(17)9-10(13)16-12(19-9)14-3-4-18-2/h7-8H,3-6,13H2,1-2H3,(H,14,16)(H,15,17). The minimum Gasteiger partial charge on any atom is -0.383 e. The highest BCUT2D eigenvalue weighted by atomic mass is 32.1. The normalized spacial score (nSPS) is 21.2. The van der Waals surface area contributed by atoms with Gasteiger partial charge in [0.15, 0.2) is 5.13 Å². The summed E-state index contributed by atoms with van der Waals surface area (Å²) < 4.78 is 4.93. The van der Waals surface area contributed by atoms with E-state index in [1.54, 1.807) is 7.11 Å². The molecule has 0 spiro atoms. The number of carbonyl (C=O) groups excluding carboxylic acids is 1. The second kappa shape index (κ2) is 6.21. The fourth-order valence-electron chi connectivity index (χ4n) is 1.82. The zero-order chi connectivity index (χ0) is 13.8. The molecule has 0 saturated heterocycles. The molecule has 19 heavy (non-hydrogen) atoms. The van der Waals surface area contributed by atoms with Crippen LogP contribution in [0.5, 0.6) is 0 Å². The van der Waals surface area contributed by atoms with Crippen molar-refractivity contribution in [1.29, 1.82) is 0 Å². The van der Waals surface area contributed by atoms with E-state index < -0.39 is 0 Å². The van der Waals surface area contributed by atoms with Gasteiger partial charge in [-0.05, 0) is 18.3 Å². The van der Waals surface area contributed by atoms with E-state index in [9.17, 15) is 4.79 Å². The van der Waals surface area contributed by atoms with Crippen LogP contribution in [0.15, 0.2) is 0 Å². The number of nitrogen functional groups attached to an aromatic ring is 1. The summed E-state index contributed by atoms with van der Waals surface area (Å²) in [6, 6.07) is 0. The van der Waals surface area contributed by atoms with E-state index >= 15 is 0 Å². The van der Waals surface area contributed by atoms with Crippen LogP contribution < -0.4 is 16.4 Å². The van der Waals surface area contributed by atoms with Gasteiger partial charge in [-0.1, -0.05) is 18.3 Å². The maximum absolute atomic E-state index is 12.0. The molecule has 6 nitrogen and oxygen atoms in total. The SMILES string of the molecule is COCCNc1nc(N)c(C(=O)NCC2CC2C)s1.